The molecule has 0 atom stereocenters. The van der Waals surface area contributed by atoms with Gasteiger partial charge in [0.2, 0.25) is 0 Å². The molecule has 0 bridgehead atoms. The standard InChI is InChI=1S/C9H8N2O.C8H5NO2/c10-6-5-8-1-3-9(4-2-8)12-7-11;9-6-11-8-3-1-7(5-10)2-4-8/h1-6H,10H2;1-5H/b6-5+;. The van der Waals surface area contributed by atoms with Gasteiger partial charge in [-0.25, -0.2) is 0 Å². The van der Waals surface area contributed by atoms with Crippen molar-refractivity contribution in [1.82, 2.24) is 0 Å². The van der Waals surface area contributed by atoms with Crippen LogP contribution in [0.2, 0.25) is 0 Å². The Morgan fingerprint density at radius 1 is 0.826 bits per heavy atom. The van der Waals surface area contributed by atoms with Crippen molar-refractivity contribution < 1.29 is 14.3 Å². The molecule has 6 heteroatoms. The highest BCUT2D eigenvalue weighted by Crippen LogP contribution is 2.12. The summed E-state index contributed by atoms with van der Waals surface area (Å²) in [4.78, 5) is 10.2. The van der Waals surface area contributed by atoms with E-state index in [0.717, 1.165) is 11.8 Å². The highest BCUT2D eigenvalue weighted by molar-refractivity contribution is 5.74. The van der Waals surface area contributed by atoms with E-state index < -0.39 is 0 Å². The van der Waals surface area contributed by atoms with E-state index in [1.807, 2.05) is 12.1 Å². The Bertz CT molecular complexity index is 724. The van der Waals surface area contributed by atoms with Crippen LogP contribution in [0.4, 0.5) is 0 Å². The normalized spacial score (nSPS) is 8.96. The highest BCUT2D eigenvalue weighted by Gasteiger charge is 1.92. The Labute approximate surface area is 133 Å². The molecule has 0 amide bonds. The molecule has 2 aromatic carbocycles. The Kier molecular flexibility index (Phi) is 7.54. The molecule has 0 aromatic heterocycles. The quantitative estimate of drug-likeness (QED) is 0.687. The molecule has 2 rings (SSSR count). The number of hydrogen-bond acceptors (Lipinski definition) is 6. The zero-order valence-electron chi connectivity index (χ0n) is 12.0. The fraction of sp³-hybridized carbons (Fsp3) is 0. The molecule has 0 saturated carbocycles. The number of carbonyl (C=O) groups is 1. The van der Waals surface area contributed by atoms with Gasteiger partial charge < -0.3 is 15.2 Å². The minimum Gasteiger partial charge on any atom is -0.405 e. The number of rotatable bonds is 4. The van der Waals surface area contributed by atoms with Crippen molar-refractivity contribution in [3.8, 4) is 24.0 Å². The Morgan fingerprint density at radius 3 is 1.61 bits per heavy atom. The first-order valence-electron chi connectivity index (χ1n) is 6.39. The fourth-order valence-corrected chi connectivity index (χ4v) is 1.48. The molecule has 0 aliphatic rings. The van der Waals surface area contributed by atoms with Crippen LogP contribution in [0.15, 0.2) is 54.7 Å². The Balaban J connectivity index is 0.000000231. The predicted molar refractivity (Wildman–Crippen MR) is 84.0 cm³/mol. The second-order valence-corrected chi connectivity index (χ2v) is 4.00. The van der Waals surface area contributed by atoms with Gasteiger partial charge in [-0.05, 0) is 54.2 Å². The lowest BCUT2D eigenvalue weighted by Gasteiger charge is -1.95. The molecule has 114 valence electrons. The number of nitrogens with zero attached hydrogens (tertiary/aromatic N) is 2. The third kappa shape index (κ3) is 6.48. The van der Waals surface area contributed by atoms with E-state index >= 15 is 0 Å². The maximum Gasteiger partial charge on any atom is 0.292 e. The van der Waals surface area contributed by atoms with Gasteiger partial charge in [0.05, 0.1) is 0 Å². The van der Waals surface area contributed by atoms with Crippen molar-refractivity contribution in [1.29, 1.82) is 10.5 Å². The van der Waals surface area contributed by atoms with Crippen LogP contribution >= 0.6 is 0 Å². The summed E-state index contributed by atoms with van der Waals surface area (Å²) in [6, 6.07) is 13.3. The molecule has 0 heterocycles. The molecule has 0 fully saturated rings. The summed E-state index contributed by atoms with van der Waals surface area (Å²) in [7, 11) is 0. The molecule has 0 aliphatic carbocycles. The monoisotopic (exact) mass is 307 g/mol. The zero-order chi connectivity index (χ0) is 16.9. The van der Waals surface area contributed by atoms with Gasteiger partial charge in [-0.2, -0.15) is 0 Å². The summed E-state index contributed by atoms with van der Waals surface area (Å²) in [6.07, 6.45) is 7.08. The Morgan fingerprint density at radius 2 is 1.26 bits per heavy atom. The van der Waals surface area contributed by atoms with Gasteiger partial charge in [-0.1, -0.05) is 12.1 Å². The molecule has 0 saturated heterocycles. The first kappa shape index (κ1) is 17.3. The van der Waals surface area contributed by atoms with E-state index in [4.69, 9.17) is 16.3 Å². The maximum atomic E-state index is 10.2. The number of ether oxygens (including phenoxy) is 2. The van der Waals surface area contributed by atoms with Crippen LogP contribution in [0.25, 0.3) is 6.08 Å². The van der Waals surface area contributed by atoms with Crippen molar-refractivity contribution in [2.24, 2.45) is 5.73 Å². The average Bonchev–Trinajstić information content (AvgIpc) is 2.59. The summed E-state index contributed by atoms with van der Waals surface area (Å²) < 4.78 is 9.08. The summed E-state index contributed by atoms with van der Waals surface area (Å²) in [5.74, 6) is 0.977. The minimum atomic E-state index is 0.443. The number of hydrogen-bond donors (Lipinski definition) is 1. The molecule has 2 N–H and O–H groups in total. The van der Waals surface area contributed by atoms with Crippen molar-refractivity contribution in [2.45, 2.75) is 0 Å². The van der Waals surface area contributed by atoms with Crippen LogP contribution in [0, 0.1) is 23.0 Å². The van der Waals surface area contributed by atoms with Crippen LogP contribution in [-0.2, 0) is 0 Å². The van der Waals surface area contributed by atoms with E-state index in [0.29, 0.717) is 17.1 Å². The number of benzene rings is 2. The number of nitrogens with two attached hydrogens (primary N) is 1. The largest absolute Gasteiger partial charge is 0.405 e. The zero-order valence-corrected chi connectivity index (χ0v) is 12.0. The van der Waals surface area contributed by atoms with Crippen LogP contribution < -0.4 is 15.2 Å². The molecule has 0 radical (unpaired) electrons. The lowest BCUT2D eigenvalue weighted by molar-refractivity contribution is 0.112. The molecule has 0 aliphatic heterocycles. The smallest absolute Gasteiger partial charge is 0.292 e. The van der Waals surface area contributed by atoms with Crippen molar-refractivity contribution in [2.75, 3.05) is 0 Å². The van der Waals surface area contributed by atoms with Gasteiger partial charge in [-0.15, -0.1) is 10.5 Å². The van der Waals surface area contributed by atoms with E-state index in [9.17, 15) is 4.79 Å². The first-order chi connectivity index (χ1) is 11.2. The van der Waals surface area contributed by atoms with E-state index in [1.165, 1.54) is 12.5 Å². The molecule has 0 spiro atoms. The van der Waals surface area contributed by atoms with Crippen LogP contribution in [0.3, 0.4) is 0 Å². The summed E-state index contributed by atoms with van der Waals surface area (Å²) in [5.41, 5.74) is 6.73. The second-order valence-electron chi connectivity index (χ2n) is 4.00. The van der Waals surface area contributed by atoms with Crippen LogP contribution in [0.1, 0.15) is 15.9 Å². The predicted octanol–water partition coefficient (Wildman–Crippen LogP) is 2.83. The van der Waals surface area contributed by atoms with Gasteiger partial charge in [0.1, 0.15) is 17.8 Å². The van der Waals surface area contributed by atoms with Crippen LogP contribution in [-0.4, -0.2) is 6.29 Å². The maximum absolute atomic E-state index is 10.2. The first-order valence-corrected chi connectivity index (χ1v) is 6.39. The Hall–Kier alpha value is -3.77. The molecule has 6 nitrogen and oxygen atoms in total. The van der Waals surface area contributed by atoms with Gasteiger partial charge in [0.15, 0.2) is 0 Å². The average molecular weight is 307 g/mol. The van der Waals surface area contributed by atoms with E-state index in [1.54, 1.807) is 48.7 Å². The van der Waals surface area contributed by atoms with Gasteiger partial charge in [0, 0.05) is 5.56 Å². The van der Waals surface area contributed by atoms with Crippen molar-refractivity contribution >= 4 is 12.4 Å². The SMILES string of the molecule is N#COc1ccc(/C=C/N)cc1.N#COc1ccc(C=O)cc1. The molecule has 0 unspecified atom stereocenters. The number of aldehydes is 1. The van der Waals surface area contributed by atoms with Gasteiger partial charge in [0.25, 0.3) is 12.5 Å². The lowest BCUT2D eigenvalue weighted by Crippen LogP contribution is -1.82. The van der Waals surface area contributed by atoms with Gasteiger partial charge in [-0.3, -0.25) is 4.79 Å². The topological polar surface area (TPSA) is 109 Å². The summed E-state index contributed by atoms with van der Waals surface area (Å²) >= 11 is 0. The molecular formula is C17H13N3O3. The second kappa shape index (κ2) is 10.0. The summed E-state index contributed by atoms with van der Waals surface area (Å²) in [5, 5.41) is 16.3. The third-order valence-corrected chi connectivity index (χ3v) is 2.51. The molecule has 23 heavy (non-hydrogen) atoms. The van der Waals surface area contributed by atoms with E-state index in [-0.39, 0.29) is 0 Å². The third-order valence-electron chi connectivity index (χ3n) is 2.51. The number of nitriles is 2. The van der Waals surface area contributed by atoms with Crippen molar-refractivity contribution in [3.63, 3.8) is 0 Å². The highest BCUT2D eigenvalue weighted by atomic mass is 16.5. The van der Waals surface area contributed by atoms with E-state index in [2.05, 4.69) is 9.47 Å². The lowest BCUT2D eigenvalue weighted by atomic mass is 10.2. The van der Waals surface area contributed by atoms with Crippen LogP contribution in [0.5, 0.6) is 11.5 Å². The minimum absolute atomic E-state index is 0.443. The fourth-order valence-electron chi connectivity index (χ4n) is 1.48. The summed E-state index contributed by atoms with van der Waals surface area (Å²) in [6.45, 7) is 0. The number of carbonyl (C=O) groups excluding carboxylic acids is 1. The van der Waals surface area contributed by atoms with Crippen molar-refractivity contribution in [3.05, 3.63) is 65.9 Å². The van der Waals surface area contributed by atoms with Gasteiger partial charge >= 0.3 is 0 Å². The molecule has 2 aromatic rings. The molecular weight excluding hydrogens is 294 g/mol.